The Kier molecular flexibility index (Phi) is 4.10. The molecule has 0 saturated heterocycles. The fraction of sp³-hybridized carbons (Fsp3) is 0.188. The average Bonchev–Trinajstić information content (AvgIpc) is 2.53. The van der Waals surface area contributed by atoms with E-state index in [0.29, 0.717) is 17.9 Å². The molecule has 0 aromatic heterocycles. The molecule has 3 rings (SSSR count). The van der Waals surface area contributed by atoms with Crippen molar-refractivity contribution in [1.82, 2.24) is 0 Å². The van der Waals surface area contributed by atoms with E-state index in [0.717, 1.165) is 22.3 Å². The molecule has 0 bridgehead atoms. The van der Waals surface area contributed by atoms with Crippen LogP contribution in [-0.2, 0) is 11.3 Å². The van der Waals surface area contributed by atoms with Crippen molar-refractivity contribution in [2.75, 3.05) is 18.5 Å². The number of carbonyl (C=O) groups excluding carboxylic acids is 1. The van der Waals surface area contributed by atoms with Crippen LogP contribution in [0.5, 0.6) is 5.75 Å². The van der Waals surface area contributed by atoms with E-state index in [1.165, 1.54) is 0 Å². The smallest absolute Gasteiger partial charge is 0.342 e. The van der Waals surface area contributed by atoms with Crippen molar-refractivity contribution in [2.45, 2.75) is 6.61 Å². The van der Waals surface area contributed by atoms with Crippen molar-refractivity contribution >= 4 is 27.6 Å². The summed E-state index contributed by atoms with van der Waals surface area (Å²) in [5.74, 6) is 0.197. The standard InChI is InChI=1S/C16H14BrNO3/c17-12-6-4-11(5-7-12)10-21-16(19)13-2-1-3-14-15(13)20-9-8-18-14/h1-7,18H,8-10H2. The number of hydrogen-bond donors (Lipinski definition) is 1. The summed E-state index contributed by atoms with van der Waals surface area (Å²) in [5, 5.41) is 3.20. The van der Waals surface area contributed by atoms with Crippen molar-refractivity contribution in [2.24, 2.45) is 0 Å². The normalized spacial score (nSPS) is 12.8. The first-order valence-electron chi connectivity index (χ1n) is 6.65. The second-order valence-corrected chi connectivity index (χ2v) is 5.58. The van der Waals surface area contributed by atoms with Gasteiger partial charge in [0.05, 0.1) is 5.69 Å². The SMILES string of the molecule is O=C(OCc1ccc(Br)cc1)c1cccc2c1OCCN2. The van der Waals surface area contributed by atoms with Crippen LogP contribution in [0, 0.1) is 0 Å². The summed E-state index contributed by atoms with van der Waals surface area (Å²) >= 11 is 3.37. The lowest BCUT2D eigenvalue weighted by atomic mass is 10.1. The molecule has 1 aliphatic rings. The van der Waals surface area contributed by atoms with E-state index in [2.05, 4.69) is 21.2 Å². The summed E-state index contributed by atoms with van der Waals surface area (Å²) < 4.78 is 11.9. The van der Waals surface area contributed by atoms with Crippen molar-refractivity contribution in [3.8, 4) is 5.75 Å². The van der Waals surface area contributed by atoms with Crippen molar-refractivity contribution < 1.29 is 14.3 Å². The predicted molar refractivity (Wildman–Crippen MR) is 83.7 cm³/mol. The number of benzene rings is 2. The summed E-state index contributed by atoms with van der Waals surface area (Å²) in [6.07, 6.45) is 0. The summed E-state index contributed by atoms with van der Waals surface area (Å²) in [4.78, 5) is 12.2. The van der Waals surface area contributed by atoms with Gasteiger partial charge in [-0.2, -0.15) is 0 Å². The summed E-state index contributed by atoms with van der Waals surface area (Å²) in [6.45, 7) is 1.53. The number of anilines is 1. The van der Waals surface area contributed by atoms with E-state index in [-0.39, 0.29) is 12.6 Å². The van der Waals surface area contributed by atoms with Gasteiger partial charge in [0.1, 0.15) is 18.8 Å². The largest absolute Gasteiger partial charge is 0.489 e. The van der Waals surface area contributed by atoms with Crippen LogP contribution in [-0.4, -0.2) is 19.1 Å². The Hall–Kier alpha value is -2.01. The molecule has 0 radical (unpaired) electrons. The molecule has 21 heavy (non-hydrogen) atoms. The van der Waals surface area contributed by atoms with Crippen LogP contribution in [0.2, 0.25) is 0 Å². The molecule has 0 aliphatic carbocycles. The number of carbonyl (C=O) groups is 1. The molecular formula is C16H14BrNO3. The van der Waals surface area contributed by atoms with Gasteiger partial charge in [-0.05, 0) is 29.8 Å². The summed E-state index contributed by atoms with van der Waals surface area (Å²) in [6, 6.07) is 13.1. The first-order chi connectivity index (χ1) is 10.2. The molecule has 1 heterocycles. The number of ether oxygens (including phenoxy) is 2. The monoisotopic (exact) mass is 347 g/mol. The van der Waals surface area contributed by atoms with Crippen LogP contribution in [0.15, 0.2) is 46.9 Å². The molecule has 0 amide bonds. The van der Waals surface area contributed by atoms with Crippen molar-refractivity contribution in [3.05, 3.63) is 58.1 Å². The molecule has 2 aromatic carbocycles. The van der Waals surface area contributed by atoms with Crippen molar-refractivity contribution in [3.63, 3.8) is 0 Å². The highest BCUT2D eigenvalue weighted by molar-refractivity contribution is 9.10. The molecule has 1 N–H and O–H groups in total. The van der Waals surface area contributed by atoms with Gasteiger partial charge in [-0.25, -0.2) is 4.79 Å². The maximum atomic E-state index is 12.2. The lowest BCUT2D eigenvalue weighted by molar-refractivity contribution is 0.0468. The summed E-state index contributed by atoms with van der Waals surface area (Å²) in [5.41, 5.74) is 2.23. The second-order valence-electron chi connectivity index (χ2n) is 4.66. The number of rotatable bonds is 3. The highest BCUT2D eigenvalue weighted by Gasteiger charge is 2.20. The Balaban J connectivity index is 1.72. The van der Waals surface area contributed by atoms with Gasteiger partial charge in [0.2, 0.25) is 0 Å². The third kappa shape index (κ3) is 3.19. The van der Waals surface area contributed by atoms with Gasteiger partial charge in [-0.3, -0.25) is 0 Å². The predicted octanol–water partition coefficient (Wildman–Crippen LogP) is 3.61. The highest BCUT2D eigenvalue weighted by atomic mass is 79.9. The van der Waals surface area contributed by atoms with Crippen LogP contribution in [0.25, 0.3) is 0 Å². The van der Waals surface area contributed by atoms with Crippen LogP contribution >= 0.6 is 15.9 Å². The molecule has 2 aromatic rings. The number of fused-ring (bicyclic) bond motifs is 1. The Morgan fingerprint density at radius 1 is 1.24 bits per heavy atom. The number of para-hydroxylation sites is 1. The highest BCUT2D eigenvalue weighted by Crippen LogP contribution is 2.31. The number of nitrogens with one attached hydrogen (secondary N) is 1. The molecule has 0 fully saturated rings. The number of esters is 1. The zero-order chi connectivity index (χ0) is 14.7. The van der Waals surface area contributed by atoms with E-state index in [1.807, 2.05) is 36.4 Å². The van der Waals surface area contributed by atoms with Crippen LogP contribution in [0.3, 0.4) is 0 Å². The maximum absolute atomic E-state index is 12.2. The Labute approximate surface area is 131 Å². The van der Waals surface area contributed by atoms with E-state index < -0.39 is 0 Å². The molecule has 0 atom stereocenters. The maximum Gasteiger partial charge on any atom is 0.342 e. The molecular weight excluding hydrogens is 334 g/mol. The lowest BCUT2D eigenvalue weighted by Gasteiger charge is -2.21. The zero-order valence-electron chi connectivity index (χ0n) is 11.3. The molecule has 0 saturated carbocycles. The average molecular weight is 348 g/mol. The quantitative estimate of drug-likeness (QED) is 0.861. The van der Waals surface area contributed by atoms with Crippen LogP contribution in [0.4, 0.5) is 5.69 Å². The fourth-order valence-corrected chi connectivity index (χ4v) is 2.40. The van der Waals surface area contributed by atoms with E-state index in [1.54, 1.807) is 6.07 Å². The lowest BCUT2D eigenvalue weighted by Crippen LogP contribution is -2.20. The van der Waals surface area contributed by atoms with E-state index >= 15 is 0 Å². The van der Waals surface area contributed by atoms with Crippen LogP contribution < -0.4 is 10.1 Å². The van der Waals surface area contributed by atoms with Gasteiger partial charge < -0.3 is 14.8 Å². The van der Waals surface area contributed by atoms with Gasteiger partial charge in [-0.15, -0.1) is 0 Å². The third-order valence-electron chi connectivity index (χ3n) is 3.18. The molecule has 4 nitrogen and oxygen atoms in total. The number of hydrogen-bond acceptors (Lipinski definition) is 4. The molecule has 108 valence electrons. The molecule has 0 spiro atoms. The molecule has 5 heteroatoms. The minimum atomic E-state index is -0.376. The molecule has 0 unspecified atom stereocenters. The van der Waals surface area contributed by atoms with Gasteiger partial charge in [0, 0.05) is 11.0 Å². The van der Waals surface area contributed by atoms with Gasteiger partial charge in [0.15, 0.2) is 5.75 Å². The van der Waals surface area contributed by atoms with Crippen LogP contribution in [0.1, 0.15) is 15.9 Å². The van der Waals surface area contributed by atoms with E-state index in [4.69, 9.17) is 9.47 Å². The Bertz CT molecular complexity index is 655. The fourth-order valence-electron chi connectivity index (χ4n) is 2.14. The third-order valence-corrected chi connectivity index (χ3v) is 3.71. The summed E-state index contributed by atoms with van der Waals surface area (Å²) in [7, 11) is 0. The Morgan fingerprint density at radius 2 is 2.05 bits per heavy atom. The molecule has 1 aliphatic heterocycles. The minimum absolute atomic E-state index is 0.239. The zero-order valence-corrected chi connectivity index (χ0v) is 12.9. The topological polar surface area (TPSA) is 47.6 Å². The van der Waals surface area contributed by atoms with Gasteiger partial charge in [-0.1, -0.05) is 34.1 Å². The van der Waals surface area contributed by atoms with Gasteiger partial charge >= 0.3 is 5.97 Å². The first-order valence-corrected chi connectivity index (χ1v) is 7.44. The Morgan fingerprint density at radius 3 is 2.86 bits per heavy atom. The number of halogens is 1. The second kappa shape index (κ2) is 6.18. The van der Waals surface area contributed by atoms with Crippen molar-refractivity contribution in [1.29, 1.82) is 0 Å². The van der Waals surface area contributed by atoms with E-state index in [9.17, 15) is 4.79 Å². The first kappa shape index (κ1) is 13.9. The minimum Gasteiger partial charge on any atom is -0.489 e. The van der Waals surface area contributed by atoms with Gasteiger partial charge in [0.25, 0.3) is 0 Å².